The summed E-state index contributed by atoms with van der Waals surface area (Å²) >= 11 is 0. The van der Waals surface area contributed by atoms with E-state index in [9.17, 15) is 4.79 Å². The highest BCUT2D eigenvalue weighted by molar-refractivity contribution is 5.82. The van der Waals surface area contributed by atoms with Gasteiger partial charge in [0.25, 0.3) is 0 Å². The summed E-state index contributed by atoms with van der Waals surface area (Å²) in [6.07, 6.45) is 2.65. The first-order chi connectivity index (χ1) is 6.63. The van der Waals surface area contributed by atoms with Crippen molar-refractivity contribution in [3.8, 4) is 0 Å². The van der Waals surface area contributed by atoms with Crippen LogP contribution in [-0.4, -0.2) is 5.78 Å². The van der Waals surface area contributed by atoms with Crippen LogP contribution in [0.15, 0.2) is 30.9 Å². The van der Waals surface area contributed by atoms with E-state index in [2.05, 4.69) is 24.8 Å². The molecule has 0 fully saturated rings. The minimum Gasteiger partial charge on any atom is -0.299 e. The number of carbonyl (C=O) groups is 1. The highest BCUT2D eigenvalue weighted by Gasteiger charge is 2.04. The molecular weight excluding hydrogens is 172 g/mol. The maximum Gasteiger partial charge on any atom is 0.141 e. The monoisotopic (exact) mass is 188 g/mol. The third kappa shape index (κ3) is 2.84. The lowest BCUT2D eigenvalue weighted by Crippen LogP contribution is -2.02. The summed E-state index contributed by atoms with van der Waals surface area (Å²) in [5.74, 6) is 0.230. The van der Waals surface area contributed by atoms with Gasteiger partial charge in [-0.15, -0.1) is 6.58 Å². The molecule has 1 heteroatoms. The van der Waals surface area contributed by atoms with E-state index in [-0.39, 0.29) is 5.78 Å². The van der Waals surface area contributed by atoms with Gasteiger partial charge in [-0.05, 0) is 25.0 Å². The summed E-state index contributed by atoms with van der Waals surface area (Å²) < 4.78 is 0. The number of benzene rings is 1. The molecule has 0 radical (unpaired) electrons. The van der Waals surface area contributed by atoms with Crippen molar-refractivity contribution in [3.63, 3.8) is 0 Å². The molecule has 0 aliphatic heterocycles. The molecule has 0 aromatic heterocycles. The van der Waals surface area contributed by atoms with Crippen LogP contribution in [0.5, 0.6) is 0 Å². The topological polar surface area (TPSA) is 17.1 Å². The van der Waals surface area contributed by atoms with Gasteiger partial charge in [-0.3, -0.25) is 4.79 Å². The molecule has 74 valence electrons. The summed E-state index contributed by atoms with van der Waals surface area (Å²) in [5, 5.41) is 0. The maximum atomic E-state index is 11.4. The van der Waals surface area contributed by atoms with Crippen LogP contribution in [0.2, 0.25) is 0 Å². The van der Waals surface area contributed by atoms with E-state index in [0.717, 1.165) is 5.56 Å². The lowest BCUT2D eigenvalue weighted by molar-refractivity contribution is -0.117. The number of aryl methyl sites for hydroxylation is 2. The van der Waals surface area contributed by atoms with Gasteiger partial charge in [0.05, 0.1) is 0 Å². The van der Waals surface area contributed by atoms with Gasteiger partial charge in [0.1, 0.15) is 5.78 Å². The molecule has 0 bridgehead atoms. The minimum atomic E-state index is 0.230. The van der Waals surface area contributed by atoms with Crippen molar-refractivity contribution in [1.82, 2.24) is 0 Å². The summed E-state index contributed by atoms with van der Waals surface area (Å²) in [6, 6.07) is 6.21. The molecule has 1 aromatic carbocycles. The van der Waals surface area contributed by atoms with E-state index in [1.165, 1.54) is 11.1 Å². The fourth-order valence-electron chi connectivity index (χ4n) is 1.44. The van der Waals surface area contributed by atoms with Crippen molar-refractivity contribution in [3.05, 3.63) is 47.5 Å². The highest BCUT2D eigenvalue weighted by atomic mass is 16.1. The predicted octanol–water partition coefficient (Wildman–Crippen LogP) is 2.99. The Kier molecular flexibility index (Phi) is 3.63. The number of hydrogen-bond donors (Lipinski definition) is 0. The molecule has 0 spiro atoms. The SMILES string of the molecule is C=CCC(=O)Cc1cc(C)ccc1C. The molecule has 1 nitrogen and oxygen atoms in total. The second-order valence-electron chi connectivity index (χ2n) is 3.64. The van der Waals surface area contributed by atoms with Gasteiger partial charge in [-0.2, -0.15) is 0 Å². The van der Waals surface area contributed by atoms with Crippen LogP contribution in [0.4, 0.5) is 0 Å². The largest absolute Gasteiger partial charge is 0.299 e. The van der Waals surface area contributed by atoms with E-state index in [1.54, 1.807) is 6.08 Å². The van der Waals surface area contributed by atoms with Gasteiger partial charge in [0, 0.05) is 12.8 Å². The summed E-state index contributed by atoms with van der Waals surface area (Å²) in [5.41, 5.74) is 3.53. The van der Waals surface area contributed by atoms with Crippen LogP contribution >= 0.6 is 0 Å². The van der Waals surface area contributed by atoms with Crippen LogP contribution in [0.25, 0.3) is 0 Å². The molecule has 1 aromatic rings. The van der Waals surface area contributed by atoms with Crippen LogP contribution in [0.3, 0.4) is 0 Å². The highest BCUT2D eigenvalue weighted by Crippen LogP contribution is 2.12. The van der Waals surface area contributed by atoms with E-state index in [1.807, 2.05) is 13.8 Å². The first-order valence-corrected chi connectivity index (χ1v) is 4.82. The average Bonchev–Trinajstić information content (AvgIpc) is 2.12. The van der Waals surface area contributed by atoms with Crippen molar-refractivity contribution >= 4 is 5.78 Å². The molecular formula is C13H16O. The fraction of sp³-hybridized carbons (Fsp3) is 0.308. The minimum absolute atomic E-state index is 0.230. The molecule has 0 aliphatic carbocycles. The summed E-state index contributed by atoms with van der Waals surface area (Å²) in [4.78, 5) is 11.4. The number of hydrogen-bond acceptors (Lipinski definition) is 1. The smallest absolute Gasteiger partial charge is 0.141 e. The first kappa shape index (κ1) is 10.7. The zero-order valence-corrected chi connectivity index (χ0v) is 8.84. The zero-order valence-electron chi connectivity index (χ0n) is 8.84. The number of Topliss-reactive ketones (excluding diaryl/α,β-unsaturated/α-hetero) is 1. The average molecular weight is 188 g/mol. The van der Waals surface area contributed by atoms with Crippen molar-refractivity contribution in [2.24, 2.45) is 0 Å². The quantitative estimate of drug-likeness (QED) is 0.664. The normalized spacial score (nSPS) is 9.86. The second kappa shape index (κ2) is 4.75. The van der Waals surface area contributed by atoms with Gasteiger partial charge < -0.3 is 0 Å². The Bertz CT molecular complexity index is 350. The molecule has 0 saturated heterocycles. The number of ketones is 1. The Morgan fingerprint density at radius 1 is 1.43 bits per heavy atom. The Labute approximate surface area is 85.5 Å². The van der Waals surface area contributed by atoms with E-state index < -0.39 is 0 Å². The van der Waals surface area contributed by atoms with Gasteiger partial charge in [0.15, 0.2) is 0 Å². The maximum absolute atomic E-state index is 11.4. The lowest BCUT2D eigenvalue weighted by Gasteiger charge is -2.05. The summed E-state index contributed by atoms with van der Waals surface area (Å²) in [7, 11) is 0. The van der Waals surface area contributed by atoms with Crippen molar-refractivity contribution in [2.45, 2.75) is 26.7 Å². The van der Waals surface area contributed by atoms with Crippen molar-refractivity contribution in [1.29, 1.82) is 0 Å². The van der Waals surface area contributed by atoms with E-state index in [4.69, 9.17) is 0 Å². The molecule has 1 rings (SSSR count). The second-order valence-corrected chi connectivity index (χ2v) is 3.64. The molecule has 0 heterocycles. The molecule has 0 amide bonds. The number of allylic oxidation sites excluding steroid dienone is 1. The Balaban J connectivity index is 2.80. The molecule has 0 saturated carbocycles. The van der Waals surface area contributed by atoms with Gasteiger partial charge in [-0.25, -0.2) is 0 Å². The van der Waals surface area contributed by atoms with Crippen LogP contribution in [0.1, 0.15) is 23.1 Å². The van der Waals surface area contributed by atoms with E-state index >= 15 is 0 Å². The molecule has 14 heavy (non-hydrogen) atoms. The third-order valence-electron chi connectivity index (χ3n) is 2.26. The molecule has 0 unspecified atom stereocenters. The third-order valence-corrected chi connectivity index (χ3v) is 2.26. The van der Waals surface area contributed by atoms with Gasteiger partial charge >= 0.3 is 0 Å². The predicted molar refractivity (Wildman–Crippen MR) is 59.4 cm³/mol. The lowest BCUT2D eigenvalue weighted by atomic mass is 10.00. The standard InChI is InChI=1S/C13H16O/c1-4-5-13(14)9-12-8-10(2)6-7-11(12)3/h4,6-8H,1,5,9H2,2-3H3. The van der Waals surface area contributed by atoms with Gasteiger partial charge in [-0.1, -0.05) is 29.8 Å². The zero-order chi connectivity index (χ0) is 10.6. The van der Waals surface area contributed by atoms with Crippen molar-refractivity contribution in [2.75, 3.05) is 0 Å². The molecule has 0 atom stereocenters. The Hall–Kier alpha value is -1.37. The molecule has 0 aliphatic rings. The van der Waals surface area contributed by atoms with Crippen LogP contribution in [0, 0.1) is 13.8 Å². The Morgan fingerprint density at radius 3 is 2.79 bits per heavy atom. The molecule has 0 N–H and O–H groups in total. The van der Waals surface area contributed by atoms with E-state index in [0.29, 0.717) is 12.8 Å². The van der Waals surface area contributed by atoms with Gasteiger partial charge in [0.2, 0.25) is 0 Å². The number of rotatable bonds is 4. The fourth-order valence-corrected chi connectivity index (χ4v) is 1.44. The van der Waals surface area contributed by atoms with Crippen LogP contribution in [-0.2, 0) is 11.2 Å². The van der Waals surface area contributed by atoms with Crippen molar-refractivity contribution < 1.29 is 4.79 Å². The van der Waals surface area contributed by atoms with Crippen LogP contribution < -0.4 is 0 Å². The summed E-state index contributed by atoms with van der Waals surface area (Å²) in [6.45, 7) is 7.64. The Morgan fingerprint density at radius 2 is 2.14 bits per heavy atom. The number of carbonyl (C=O) groups excluding carboxylic acids is 1. The first-order valence-electron chi connectivity index (χ1n) is 4.82.